The zero-order valence-corrected chi connectivity index (χ0v) is 9.30. The maximum atomic E-state index is 5.63. The van der Waals surface area contributed by atoms with E-state index in [1.54, 1.807) is 7.11 Å². The van der Waals surface area contributed by atoms with Crippen molar-refractivity contribution >= 4 is 0 Å². The highest BCUT2D eigenvalue weighted by atomic mass is 16.5. The summed E-state index contributed by atoms with van der Waals surface area (Å²) in [6, 6.07) is 2.06. The number of ether oxygens (including phenoxy) is 2. The Labute approximate surface area is 90.2 Å². The van der Waals surface area contributed by atoms with Gasteiger partial charge in [-0.15, -0.1) is 0 Å². The van der Waals surface area contributed by atoms with Gasteiger partial charge in [0.25, 0.3) is 0 Å². The SMILES string of the molecule is COc1c(C)cc2c(c1CCN)CCO2. The monoisotopic (exact) mass is 207 g/mol. The molecule has 0 amide bonds. The van der Waals surface area contributed by atoms with E-state index in [1.165, 1.54) is 11.1 Å². The van der Waals surface area contributed by atoms with E-state index in [4.69, 9.17) is 15.2 Å². The quantitative estimate of drug-likeness (QED) is 0.815. The van der Waals surface area contributed by atoms with Crippen LogP contribution < -0.4 is 15.2 Å². The molecule has 1 aromatic rings. The van der Waals surface area contributed by atoms with Crippen LogP contribution >= 0.6 is 0 Å². The Morgan fingerprint density at radius 3 is 3.00 bits per heavy atom. The number of hydrogen-bond acceptors (Lipinski definition) is 3. The third-order valence-corrected chi connectivity index (χ3v) is 2.85. The van der Waals surface area contributed by atoms with E-state index >= 15 is 0 Å². The number of fused-ring (bicyclic) bond motifs is 1. The maximum absolute atomic E-state index is 5.63. The molecule has 2 N–H and O–H groups in total. The average Bonchev–Trinajstić information content (AvgIpc) is 2.66. The third kappa shape index (κ3) is 1.67. The van der Waals surface area contributed by atoms with E-state index in [0.717, 1.165) is 36.5 Å². The van der Waals surface area contributed by atoms with E-state index in [2.05, 4.69) is 6.07 Å². The molecule has 0 aliphatic carbocycles. The van der Waals surface area contributed by atoms with Crippen LogP contribution in [0.1, 0.15) is 16.7 Å². The van der Waals surface area contributed by atoms with Crippen LogP contribution in [0.2, 0.25) is 0 Å². The highest BCUT2D eigenvalue weighted by Gasteiger charge is 2.21. The lowest BCUT2D eigenvalue weighted by molar-refractivity contribution is 0.356. The number of hydrogen-bond donors (Lipinski definition) is 1. The van der Waals surface area contributed by atoms with Crippen molar-refractivity contribution in [2.45, 2.75) is 19.8 Å². The Hall–Kier alpha value is -1.22. The molecule has 2 rings (SSSR count). The Bertz CT molecular complexity index is 371. The Kier molecular flexibility index (Phi) is 2.82. The van der Waals surface area contributed by atoms with Gasteiger partial charge in [-0.2, -0.15) is 0 Å². The van der Waals surface area contributed by atoms with Gasteiger partial charge in [0.05, 0.1) is 13.7 Å². The summed E-state index contributed by atoms with van der Waals surface area (Å²) in [5, 5.41) is 0. The van der Waals surface area contributed by atoms with Crippen LogP contribution in [0.3, 0.4) is 0 Å². The van der Waals surface area contributed by atoms with Gasteiger partial charge in [-0.3, -0.25) is 0 Å². The second-order valence-electron chi connectivity index (χ2n) is 3.82. The highest BCUT2D eigenvalue weighted by molar-refractivity contribution is 5.54. The van der Waals surface area contributed by atoms with Crippen LogP contribution in [-0.4, -0.2) is 20.3 Å². The van der Waals surface area contributed by atoms with E-state index in [0.29, 0.717) is 6.54 Å². The van der Waals surface area contributed by atoms with Gasteiger partial charge < -0.3 is 15.2 Å². The standard InChI is InChI=1S/C12H17NO2/c1-8-7-11-9(4-6-15-11)10(3-5-13)12(8)14-2/h7H,3-6,13H2,1-2H3. The second-order valence-corrected chi connectivity index (χ2v) is 3.82. The van der Waals surface area contributed by atoms with Crippen LogP contribution in [0.5, 0.6) is 11.5 Å². The lowest BCUT2D eigenvalue weighted by atomic mass is 9.98. The Morgan fingerprint density at radius 1 is 1.53 bits per heavy atom. The zero-order chi connectivity index (χ0) is 10.8. The first-order valence-corrected chi connectivity index (χ1v) is 5.30. The third-order valence-electron chi connectivity index (χ3n) is 2.85. The molecule has 1 aliphatic rings. The number of nitrogens with two attached hydrogens (primary N) is 1. The lowest BCUT2D eigenvalue weighted by Crippen LogP contribution is -2.07. The number of benzene rings is 1. The minimum atomic E-state index is 0.645. The predicted molar refractivity (Wildman–Crippen MR) is 59.7 cm³/mol. The largest absolute Gasteiger partial charge is 0.496 e. The van der Waals surface area contributed by atoms with Crippen LogP contribution in [0.25, 0.3) is 0 Å². The molecule has 3 nitrogen and oxygen atoms in total. The molecule has 0 fully saturated rings. The smallest absolute Gasteiger partial charge is 0.125 e. The van der Waals surface area contributed by atoms with Crippen LogP contribution in [-0.2, 0) is 12.8 Å². The molecule has 82 valence electrons. The van der Waals surface area contributed by atoms with Gasteiger partial charge in [-0.1, -0.05) is 0 Å². The van der Waals surface area contributed by atoms with Gasteiger partial charge in [0.1, 0.15) is 11.5 Å². The molecule has 1 aliphatic heterocycles. The summed E-state index contributed by atoms with van der Waals surface area (Å²) in [5.74, 6) is 1.99. The van der Waals surface area contributed by atoms with Gasteiger partial charge in [-0.25, -0.2) is 0 Å². The van der Waals surface area contributed by atoms with Crippen molar-refractivity contribution in [2.24, 2.45) is 5.73 Å². The predicted octanol–water partition coefficient (Wildman–Crippen LogP) is 1.44. The van der Waals surface area contributed by atoms with Crippen LogP contribution in [0, 0.1) is 6.92 Å². The molecule has 3 heteroatoms. The first kappa shape index (κ1) is 10.3. The fraction of sp³-hybridized carbons (Fsp3) is 0.500. The molecule has 0 saturated heterocycles. The lowest BCUT2D eigenvalue weighted by Gasteiger charge is -2.14. The summed E-state index contributed by atoms with van der Waals surface area (Å²) >= 11 is 0. The van der Waals surface area contributed by atoms with Crippen molar-refractivity contribution in [3.8, 4) is 11.5 Å². The average molecular weight is 207 g/mol. The second kappa shape index (κ2) is 4.11. The molecule has 0 radical (unpaired) electrons. The van der Waals surface area contributed by atoms with Crippen LogP contribution in [0.15, 0.2) is 6.07 Å². The number of aryl methyl sites for hydroxylation is 1. The first-order valence-electron chi connectivity index (χ1n) is 5.30. The summed E-state index contributed by atoms with van der Waals surface area (Å²) in [5.41, 5.74) is 9.27. The fourth-order valence-electron chi connectivity index (χ4n) is 2.23. The van der Waals surface area contributed by atoms with E-state index in [-0.39, 0.29) is 0 Å². The Balaban J connectivity index is 2.55. The molecule has 0 atom stereocenters. The summed E-state index contributed by atoms with van der Waals surface area (Å²) < 4.78 is 11.0. The molecule has 0 unspecified atom stereocenters. The van der Waals surface area contributed by atoms with Crippen molar-refractivity contribution in [3.05, 3.63) is 22.8 Å². The molecule has 1 heterocycles. The minimum absolute atomic E-state index is 0.645. The topological polar surface area (TPSA) is 44.5 Å². The summed E-state index contributed by atoms with van der Waals surface area (Å²) in [6.07, 6.45) is 1.83. The van der Waals surface area contributed by atoms with Crippen molar-refractivity contribution in [3.63, 3.8) is 0 Å². The van der Waals surface area contributed by atoms with Gasteiger partial charge in [0.15, 0.2) is 0 Å². The molecular weight excluding hydrogens is 190 g/mol. The fourth-order valence-corrected chi connectivity index (χ4v) is 2.23. The van der Waals surface area contributed by atoms with E-state index in [9.17, 15) is 0 Å². The van der Waals surface area contributed by atoms with Gasteiger partial charge in [-0.05, 0) is 31.5 Å². The maximum Gasteiger partial charge on any atom is 0.125 e. The number of methoxy groups -OCH3 is 1. The Morgan fingerprint density at radius 2 is 2.33 bits per heavy atom. The van der Waals surface area contributed by atoms with Crippen molar-refractivity contribution in [2.75, 3.05) is 20.3 Å². The minimum Gasteiger partial charge on any atom is -0.496 e. The van der Waals surface area contributed by atoms with Crippen molar-refractivity contribution in [1.29, 1.82) is 0 Å². The first-order chi connectivity index (χ1) is 7.27. The summed E-state index contributed by atoms with van der Waals surface area (Å²) in [6.45, 7) is 3.46. The van der Waals surface area contributed by atoms with Crippen molar-refractivity contribution in [1.82, 2.24) is 0 Å². The highest BCUT2D eigenvalue weighted by Crippen LogP contribution is 2.37. The molecule has 1 aromatic carbocycles. The normalized spacial score (nSPS) is 13.5. The van der Waals surface area contributed by atoms with Gasteiger partial charge in [0, 0.05) is 17.5 Å². The molecule has 0 spiro atoms. The van der Waals surface area contributed by atoms with Crippen molar-refractivity contribution < 1.29 is 9.47 Å². The number of rotatable bonds is 3. The molecular formula is C12H17NO2. The van der Waals surface area contributed by atoms with Crippen LogP contribution in [0.4, 0.5) is 0 Å². The van der Waals surface area contributed by atoms with Gasteiger partial charge in [0.2, 0.25) is 0 Å². The summed E-state index contributed by atoms with van der Waals surface area (Å²) in [4.78, 5) is 0. The van der Waals surface area contributed by atoms with E-state index < -0.39 is 0 Å². The molecule has 15 heavy (non-hydrogen) atoms. The molecule has 0 bridgehead atoms. The van der Waals surface area contributed by atoms with Gasteiger partial charge >= 0.3 is 0 Å². The molecule has 0 saturated carbocycles. The zero-order valence-electron chi connectivity index (χ0n) is 9.30. The molecule has 0 aromatic heterocycles. The van der Waals surface area contributed by atoms with E-state index in [1.807, 2.05) is 6.92 Å². The summed E-state index contributed by atoms with van der Waals surface area (Å²) in [7, 11) is 1.71.